The minimum atomic E-state index is -0.398. The number of hydrogen-bond acceptors (Lipinski definition) is 5. The van der Waals surface area contributed by atoms with Gasteiger partial charge in [-0.25, -0.2) is 0 Å². The van der Waals surface area contributed by atoms with E-state index in [1.54, 1.807) is 48.6 Å². The highest BCUT2D eigenvalue weighted by molar-refractivity contribution is 6.09. The number of carbonyl (C=O) groups excluding carboxylic acids is 2. The average Bonchev–Trinajstić information content (AvgIpc) is 2.65. The molecule has 0 unspecified atom stereocenters. The number of phenols is 1. The fraction of sp³-hybridized carbons (Fsp3) is 0.130. The third-order valence-electron chi connectivity index (χ3n) is 3.77. The fourth-order valence-electron chi connectivity index (χ4n) is 2.43. The Balaban J connectivity index is 2.26. The summed E-state index contributed by atoms with van der Waals surface area (Å²) < 4.78 is 10.2. The summed E-state index contributed by atoms with van der Waals surface area (Å²) in [6.45, 7) is 6.93. The summed E-state index contributed by atoms with van der Waals surface area (Å²) in [6.07, 6.45) is 6.37. The Kier molecular flexibility index (Phi) is 6.93. The summed E-state index contributed by atoms with van der Waals surface area (Å²) in [5.41, 5.74) is 2.13. The first-order chi connectivity index (χ1) is 13.3. The van der Waals surface area contributed by atoms with Crippen molar-refractivity contribution in [1.29, 1.82) is 0 Å². The predicted octanol–water partition coefficient (Wildman–Crippen LogP) is 4.81. The van der Waals surface area contributed by atoms with Crippen LogP contribution in [0.2, 0.25) is 0 Å². The van der Waals surface area contributed by atoms with E-state index in [9.17, 15) is 14.7 Å². The number of hydrogen-bond donors (Lipinski definition) is 1. The molecule has 28 heavy (non-hydrogen) atoms. The third-order valence-corrected chi connectivity index (χ3v) is 3.77. The number of benzene rings is 2. The highest BCUT2D eigenvalue weighted by atomic mass is 16.5. The molecule has 0 amide bonds. The minimum Gasteiger partial charge on any atom is -0.506 e. The van der Waals surface area contributed by atoms with E-state index < -0.39 is 5.97 Å². The van der Waals surface area contributed by atoms with Crippen LogP contribution in [0.5, 0.6) is 17.2 Å². The molecule has 0 spiro atoms. The van der Waals surface area contributed by atoms with Gasteiger partial charge in [0.05, 0.1) is 18.2 Å². The largest absolute Gasteiger partial charge is 0.506 e. The quantitative estimate of drug-likeness (QED) is 0.246. The summed E-state index contributed by atoms with van der Waals surface area (Å²) in [6, 6.07) is 9.86. The number of phenolic OH excluding ortho intramolecular Hbond substituents is 1. The standard InChI is InChI=1S/C23H22O5/c1-15(2)5-11-20-22(27-4)14-12-19(23(20)26)21(25)13-8-17-6-9-18(10-7-17)28-16(3)24/h5-14,26H,1H2,2-4H3. The molecule has 0 atom stereocenters. The number of methoxy groups -OCH3 is 1. The van der Waals surface area contributed by atoms with E-state index >= 15 is 0 Å². The molecule has 0 aromatic heterocycles. The van der Waals surface area contributed by atoms with Gasteiger partial charge < -0.3 is 14.6 Å². The van der Waals surface area contributed by atoms with Crippen LogP contribution in [0, 0.1) is 0 Å². The second kappa shape index (κ2) is 9.37. The number of allylic oxidation sites excluding steroid dienone is 3. The van der Waals surface area contributed by atoms with Crippen LogP contribution in [0.1, 0.15) is 35.3 Å². The molecule has 0 aliphatic rings. The van der Waals surface area contributed by atoms with E-state index in [4.69, 9.17) is 9.47 Å². The van der Waals surface area contributed by atoms with Crippen LogP contribution in [-0.2, 0) is 4.79 Å². The van der Waals surface area contributed by atoms with Gasteiger partial charge in [-0.15, -0.1) is 0 Å². The van der Waals surface area contributed by atoms with Crippen molar-refractivity contribution in [1.82, 2.24) is 0 Å². The fourth-order valence-corrected chi connectivity index (χ4v) is 2.43. The molecule has 5 heteroatoms. The Morgan fingerprint density at radius 1 is 1.00 bits per heavy atom. The summed E-state index contributed by atoms with van der Waals surface area (Å²) in [4.78, 5) is 23.5. The third kappa shape index (κ3) is 5.45. The molecular formula is C23H22O5. The zero-order valence-corrected chi connectivity index (χ0v) is 16.1. The number of rotatable bonds is 7. The van der Waals surface area contributed by atoms with Crippen LogP contribution in [0.25, 0.3) is 12.2 Å². The van der Waals surface area contributed by atoms with Crippen molar-refractivity contribution in [2.24, 2.45) is 0 Å². The Bertz CT molecular complexity index is 950. The van der Waals surface area contributed by atoms with E-state index in [0.29, 0.717) is 17.1 Å². The van der Waals surface area contributed by atoms with Crippen LogP contribution in [0.15, 0.2) is 60.7 Å². The lowest BCUT2D eigenvalue weighted by Crippen LogP contribution is -2.00. The molecule has 144 valence electrons. The highest BCUT2D eigenvalue weighted by Gasteiger charge is 2.15. The molecule has 0 saturated heterocycles. The van der Waals surface area contributed by atoms with E-state index in [1.807, 2.05) is 6.92 Å². The average molecular weight is 378 g/mol. The summed E-state index contributed by atoms with van der Waals surface area (Å²) >= 11 is 0. The van der Waals surface area contributed by atoms with Crippen molar-refractivity contribution >= 4 is 23.9 Å². The van der Waals surface area contributed by atoms with Gasteiger partial charge in [-0.05, 0) is 48.9 Å². The molecule has 0 bridgehead atoms. The van der Waals surface area contributed by atoms with Gasteiger partial charge >= 0.3 is 5.97 Å². The lowest BCUT2D eigenvalue weighted by atomic mass is 10.0. The van der Waals surface area contributed by atoms with Gasteiger partial charge in [0.15, 0.2) is 5.78 Å². The smallest absolute Gasteiger partial charge is 0.308 e. The first kappa shape index (κ1) is 20.7. The Labute approximate surface area is 164 Å². The summed E-state index contributed by atoms with van der Waals surface area (Å²) in [7, 11) is 1.49. The molecule has 2 rings (SSSR count). The normalized spacial score (nSPS) is 11.0. The van der Waals surface area contributed by atoms with Crippen LogP contribution < -0.4 is 9.47 Å². The Morgan fingerprint density at radius 2 is 1.68 bits per heavy atom. The van der Waals surface area contributed by atoms with E-state index in [0.717, 1.165) is 11.1 Å². The first-order valence-corrected chi connectivity index (χ1v) is 8.56. The zero-order valence-electron chi connectivity index (χ0n) is 16.1. The second-order valence-corrected chi connectivity index (χ2v) is 6.12. The van der Waals surface area contributed by atoms with E-state index in [-0.39, 0.29) is 17.1 Å². The Morgan fingerprint density at radius 3 is 2.25 bits per heavy atom. The molecule has 0 heterocycles. The maximum absolute atomic E-state index is 12.5. The summed E-state index contributed by atoms with van der Waals surface area (Å²) in [5, 5.41) is 10.5. The maximum Gasteiger partial charge on any atom is 0.308 e. The molecule has 0 aliphatic heterocycles. The van der Waals surface area contributed by atoms with Crippen molar-refractivity contribution in [2.45, 2.75) is 13.8 Å². The minimum absolute atomic E-state index is 0.156. The molecule has 0 saturated carbocycles. The molecule has 2 aromatic carbocycles. The van der Waals surface area contributed by atoms with Gasteiger partial charge in [0.25, 0.3) is 0 Å². The molecule has 1 N–H and O–H groups in total. The highest BCUT2D eigenvalue weighted by Crippen LogP contribution is 2.33. The van der Waals surface area contributed by atoms with Crippen LogP contribution in [0.4, 0.5) is 0 Å². The van der Waals surface area contributed by atoms with Crippen molar-refractivity contribution < 1.29 is 24.2 Å². The molecular weight excluding hydrogens is 356 g/mol. The number of carbonyl (C=O) groups is 2. The number of esters is 1. The van der Waals surface area contributed by atoms with Gasteiger partial charge in [-0.1, -0.05) is 36.4 Å². The SMILES string of the molecule is C=C(C)C=Cc1c(OC)ccc(C(=O)C=Cc2ccc(OC(C)=O)cc2)c1O. The van der Waals surface area contributed by atoms with Crippen molar-refractivity contribution in [3.8, 4) is 17.2 Å². The van der Waals surface area contributed by atoms with Crippen LogP contribution in [-0.4, -0.2) is 24.0 Å². The Hall–Kier alpha value is -3.60. The van der Waals surface area contributed by atoms with Gasteiger partial charge in [0.1, 0.15) is 17.2 Å². The van der Waals surface area contributed by atoms with Gasteiger partial charge in [0, 0.05) is 6.92 Å². The van der Waals surface area contributed by atoms with E-state index in [1.165, 1.54) is 26.2 Å². The van der Waals surface area contributed by atoms with Gasteiger partial charge in [-0.3, -0.25) is 9.59 Å². The second-order valence-electron chi connectivity index (χ2n) is 6.12. The van der Waals surface area contributed by atoms with Gasteiger partial charge in [-0.2, -0.15) is 0 Å². The molecule has 0 aliphatic carbocycles. The number of aromatic hydroxyl groups is 1. The van der Waals surface area contributed by atoms with Gasteiger partial charge in [0.2, 0.25) is 0 Å². The first-order valence-electron chi connectivity index (χ1n) is 8.56. The lowest BCUT2D eigenvalue weighted by Gasteiger charge is -2.10. The van der Waals surface area contributed by atoms with Crippen molar-refractivity contribution in [3.05, 3.63) is 77.4 Å². The molecule has 2 aromatic rings. The topological polar surface area (TPSA) is 72.8 Å². The molecule has 5 nitrogen and oxygen atoms in total. The van der Waals surface area contributed by atoms with E-state index in [2.05, 4.69) is 6.58 Å². The lowest BCUT2D eigenvalue weighted by molar-refractivity contribution is -0.131. The maximum atomic E-state index is 12.5. The monoisotopic (exact) mass is 378 g/mol. The molecule has 0 radical (unpaired) electrons. The molecule has 0 fully saturated rings. The number of ketones is 1. The zero-order chi connectivity index (χ0) is 20.7. The predicted molar refractivity (Wildman–Crippen MR) is 110 cm³/mol. The van der Waals surface area contributed by atoms with Crippen LogP contribution in [0.3, 0.4) is 0 Å². The van der Waals surface area contributed by atoms with Crippen molar-refractivity contribution in [3.63, 3.8) is 0 Å². The van der Waals surface area contributed by atoms with Crippen molar-refractivity contribution in [2.75, 3.05) is 7.11 Å². The number of ether oxygens (including phenoxy) is 2. The summed E-state index contributed by atoms with van der Waals surface area (Å²) in [5.74, 6) is -0.0230. The van der Waals surface area contributed by atoms with Crippen LogP contribution >= 0.6 is 0 Å².